The second-order valence-electron chi connectivity index (χ2n) is 6.57. The molecule has 1 saturated carbocycles. The van der Waals surface area contributed by atoms with E-state index in [1.807, 2.05) is 24.1 Å². The maximum absolute atomic E-state index is 12.6. The van der Waals surface area contributed by atoms with Crippen molar-refractivity contribution >= 4 is 11.7 Å². The van der Waals surface area contributed by atoms with E-state index in [-0.39, 0.29) is 11.9 Å². The maximum Gasteiger partial charge on any atom is 0.247 e. The molecule has 7 nitrogen and oxygen atoms in total. The fraction of sp³-hybridized carbons (Fsp3) is 0.529. The van der Waals surface area contributed by atoms with Crippen molar-refractivity contribution in [1.82, 2.24) is 24.9 Å². The molecule has 0 aromatic carbocycles. The van der Waals surface area contributed by atoms with Crippen LogP contribution in [0.5, 0.6) is 0 Å². The van der Waals surface area contributed by atoms with Gasteiger partial charge in [-0.25, -0.2) is 0 Å². The van der Waals surface area contributed by atoms with Gasteiger partial charge in [-0.2, -0.15) is 10.2 Å². The molecule has 4 rings (SSSR count). The van der Waals surface area contributed by atoms with Crippen LogP contribution in [0.3, 0.4) is 0 Å². The minimum atomic E-state index is -0.260. The number of anilines is 1. The number of nitrogens with zero attached hydrogens (tertiary/aromatic N) is 6. The van der Waals surface area contributed by atoms with Crippen LogP contribution in [0.4, 0.5) is 5.82 Å². The van der Waals surface area contributed by atoms with Crippen LogP contribution in [0.1, 0.15) is 37.4 Å². The van der Waals surface area contributed by atoms with E-state index in [0.717, 1.165) is 24.6 Å². The van der Waals surface area contributed by atoms with E-state index < -0.39 is 0 Å². The first kappa shape index (κ1) is 15.1. The van der Waals surface area contributed by atoms with Gasteiger partial charge in [0.05, 0.1) is 5.69 Å². The fourth-order valence-corrected chi connectivity index (χ4v) is 3.14. The molecule has 1 aliphatic heterocycles. The molecule has 3 heterocycles. The summed E-state index contributed by atoms with van der Waals surface area (Å²) in [5.74, 6) is 1.66. The molecule has 0 N–H and O–H groups in total. The SMILES string of the molecule is CC(C(=O)N1CCN(c2ccc(C3CC3)nn2)CC1)n1cccn1. The molecule has 1 unspecified atom stereocenters. The molecule has 2 fully saturated rings. The minimum Gasteiger partial charge on any atom is -0.352 e. The van der Waals surface area contributed by atoms with E-state index in [2.05, 4.69) is 32.3 Å². The quantitative estimate of drug-likeness (QED) is 0.851. The average molecular weight is 326 g/mol. The Morgan fingerprint density at radius 1 is 1.17 bits per heavy atom. The van der Waals surface area contributed by atoms with Crippen LogP contribution < -0.4 is 4.90 Å². The maximum atomic E-state index is 12.6. The predicted molar refractivity (Wildman–Crippen MR) is 89.7 cm³/mol. The Kier molecular flexibility index (Phi) is 3.92. The monoisotopic (exact) mass is 326 g/mol. The van der Waals surface area contributed by atoms with Crippen LogP contribution in [-0.4, -0.2) is 57.0 Å². The van der Waals surface area contributed by atoms with Gasteiger partial charge in [0.25, 0.3) is 0 Å². The zero-order valence-corrected chi connectivity index (χ0v) is 13.9. The third-order valence-corrected chi connectivity index (χ3v) is 4.86. The van der Waals surface area contributed by atoms with Crippen molar-refractivity contribution in [3.8, 4) is 0 Å². The first-order chi connectivity index (χ1) is 11.7. The summed E-state index contributed by atoms with van der Waals surface area (Å²) in [7, 11) is 0. The lowest BCUT2D eigenvalue weighted by atomic mass is 10.2. The summed E-state index contributed by atoms with van der Waals surface area (Å²) in [5.41, 5.74) is 1.11. The molecule has 2 aromatic rings. The second kappa shape index (κ2) is 6.22. The van der Waals surface area contributed by atoms with Gasteiger partial charge in [0.1, 0.15) is 6.04 Å². The van der Waals surface area contributed by atoms with Gasteiger partial charge in [-0.05, 0) is 38.0 Å². The number of piperazine rings is 1. The zero-order chi connectivity index (χ0) is 16.5. The van der Waals surface area contributed by atoms with E-state index in [9.17, 15) is 4.79 Å². The Morgan fingerprint density at radius 2 is 1.96 bits per heavy atom. The second-order valence-corrected chi connectivity index (χ2v) is 6.57. The number of amides is 1. The fourth-order valence-electron chi connectivity index (χ4n) is 3.14. The highest BCUT2D eigenvalue weighted by molar-refractivity contribution is 5.80. The Bertz CT molecular complexity index is 686. The van der Waals surface area contributed by atoms with Crippen molar-refractivity contribution in [2.24, 2.45) is 0 Å². The van der Waals surface area contributed by atoms with Gasteiger partial charge >= 0.3 is 0 Å². The highest BCUT2D eigenvalue weighted by Crippen LogP contribution is 2.38. The average Bonchev–Trinajstić information content (AvgIpc) is 3.35. The summed E-state index contributed by atoms with van der Waals surface area (Å²) in [6.45, 7) is 4.88. The summed E-state index contributed by atoms with van der Waals surface area (Å²) in [5, 5.41) is 12.9. The molecule has 0 bridgehead atoms. The molecule has 2 aromatic heterocycles. The highest BCUT2D eigenvalue weighted by Gasteiger charge is 2.28. The molecular weight excluding hydrogens is 304 g/mol. The van der Waals surface area contributed by atoms with E-state index in [1.54, 1.807) is 10.9 Å². The third kappa shape index (κ3) is 2.98. The Labute approximate surface area is 141 Å². The zero-order valence-electron chi connectivity index (χ0n) is 13.9. The largest absolute Gasteiger partial charge is 0.352 e. The van der Waals surface area contributed by atoms with Gasteiger partial charge in [-0.15, -0.1) is 5.10 Å². The summed E-state index contributed by atoms with van der Waals surface area (Å²) < 4.78 is 1.71. The molecule has 1 aliphatic carbocycles. The topological polar surface area (TPSA) is 67.2 Å². The van der Waals surface area contributed by atoms with Gasteiger partial charge in [-0.3, -0.25) is 9.48 Å². The van der Waals surface area contributed by atoms with Crippen LogP contribution in [0, 0.1) is 0 Å². The lowest BCUT2D eigenvalue weighted by molar-refractivity contribution is -0.134. The first-order valence-electron chi connectivity index (χ1n) is 8.59. The summed E-state index contributed by atoms with van der Waals surface area (Å²) in [4.78, 5) is 16.7. The molecule has 1 atom stereocenters. The van der Waals surface area contributed by atoms with Gasteiger partial charge in [0, 0.05) is 44.5 Å². The van der Waals surface area contributed by atoms with Crippen LogP contribution in [0.25, 0.3) is 0 Å². The van der Waals surface area contributed by atoms with Gasteiger partial charge in [-0.1, -0.05) is 0 Å². The molecule has 24 heavy (non-hydrogen) atoms. The third-order valence-electron chi connectivity index (χ3n) is 4.86. The van der Waals surface area contributed by atoms with E-state index in [0.29, 0.717) is 19.0 Å². The van der Waals surface area contributed by atoms with Gasteiger partial charge in [0.15, 0.2) is 5.82 Å². The Morgan fingerprint density at radius 3 is 2.54 bits per heavy atom. The van der Waals surface area contributed by atoms with Crippen LogP contribution >= 0.6 is 0 Å². The van der Waals surface area contributed by atoms with Gasteiger partial charge < -0.3 is 9.80 Å². The van der Waals surface area contributed by atoms with Gasteiger partial charge in [0.2, 0.25) is 5.91 Å². The molecule has 7 heteroatoms. The Balaban J connectivity index is 1.35. The summed E-state index contributed by atoms with van der Waals surface area (Å²) in [6, 6.07) is 5.73. The number of aromatic nitrogens is 4. The van der Waals surface area contributed by atoms with Crippen molar-refractivity contribution < 1.29 is 4.79 Å². The van der Waals surface area contributed by atoms with Crippen molar-refractivity contribution in [2.45, 2.75) is 31.7 Å². The number of hydrogen-bond donors (Lipinski definition) is 0. The minimum absolute atomic E-state index is 0.119. The van der Waals surface area contributed by atoms with Crippen molar-refractivity contribution in [3.63, 3.8) is 0 Å². The summed E-state index contributed by atoms with van der Waals surface area (Å²) >= 11 is 0. The smallest absolute Gasteiger partial charge is 0.247 e. The highest BCUT2D eigenvalue weighted by atomic mass is 16.2. The lowest BCUT2D eigenvalue weighted by Crippen LogP contribution is -2.50. The van der Waals surface area contributed by atoms with E-state index >= 15 is 0 Å². The summed E-state index contributed by atoms with van der Waals surface area (Å²) in [6.07, 6.45) is 6.01. The molecule has 1 amide bonds. The van der Waals surface area contributed by atoms with Crippen LogP contribution in [-0.2, 0) is 4.79 Å². The number of carbonyl (C=O) groups is 1. The standard InChI is InChI=1S/C17H22N6O/c1-13(23-8-2-7-18-23)17(24)22-11-9-21(10-12-22)16-6-5-15(19-20-16)14-3-4-14/h2,5-8,13-14H,3-4,9-12H2,1H3. The molecule has 1 saturated heterocycles. The lowest BCUT2D eigenvalue weighted by Gasteiger charge is -2.36. The van der Waals surface area contributed by atoms with Crippen molar-refractivity contribution in [1.29, 1.82) is 0 Å². The molecule has 0 radical (unpaired) electrons. The van der Waals surface area contributed by atoms with Crippen molar-refractivity contribution in [3.05, 3.63) is 36.3 Å². The van der Waals surface area contributed by atoms with E-state index in [4.69, 9.17) is 0 Å². The van der Waals surface area contributed by atoms with Crippen molar-refractivity contribution in [2.75, 3.05) is 31.1 Å². The number of carbonyl (C=O) groups excluding carboxylic acids is 1. The molecule has 0 spiro atoms. The van der Waals surface area contributed by atoms with E-state index in [1.165, 1.54) is 12.8 Å². The Hall–Kier alpha value is -2.44. The van der Waals surface area contributed by atoms with Crippen LogP contribution in [0.2, 0.25) is 0 Å². The van der Waals surface area contributed by atoms with Crippen LogP contribution in [0.15, 0.2) is 30.6 Å². The number of hydrogen-bond acceptors (Lipinski definition) is 5. The first-order valence-corrected chi connectivity index (χ1v) is 8.59. The molecule has 126 valence electrons. The normalized spacial score (nSPS) is 19.4. The number of rotatable bonds is 4. The predicted octanol–water partition coefficient (Wildman–Crippen LogP) is 1.46. The molecular formula is C17H22N6O. The molecule has 2 aliphatic rings.